The molecular formula is C28H31N7OS. The van der Waals surface area contributed by atoms with E-state index in [2.05, 4.69) is 43.1 Å². The summed E-state index contributed by atoms with van der Waals surface area (Å²) in [6, 6.07) is 9.24. The van der Waals surface area contributed by atoms with Crippen LogP contribution >= 0.6 is 11.3 Å². The SMILES string of the molecule is Cc1ccnc(-c2ccc3c(c2)CCC3N2CC3(CCN(C(=O)Cc4cnc5sc(C)nn45)CC3)C2)n1. The first-order valence-electron chi connectivity index (χ1n) is 13.2. The van der Waals surface area contributed by atoms with Gasteiger partial charge in [-0.15, -0.1) is 0 Å². The van der Waals surface area contributed by atoms with Crippen LogP contribution in [-0.2, 0) is 17.6 Å². The van der Waals surface area contributed by atoms with Crippen LogP contribution in [-0.4, -0.2) is 66.5 Å². The number of piperidine rings is 1. The Hall–Kier alpha value is -3.17. The Bertz CT molecular complexity index is 1490. The van der Waals surface area contributed by atoms with Crippen LogP contribution in [0.3, 0.4) is 0 Å². The number of nitrogens with zero attached hydrogens (tertiary/aromatic N) is 7. The van der Waals surface area contributed by atoms with Gasteiger partial charge in [-0.1, -0.05) is 23.5 Å². The minimum Gasteiger partial charge on any atom is -0.342 e. The van der Waals surface area contributed by atoms with Crippen molar-refractivity contribution in [2.75, 3.05) is 26.2 Å². The Morgan fingerprint density at radius 2 is 1.97 bits per heavy atom. The molecule has 1 aliphatic carbocycles. The third kappa shape index (κ3) is 4.05. The molecule has 0 N–H and O–H groups in total. The highest BCUT2D eigenvalue weighted by molar-refractivity contribution is 7.16. The molecule has 1 unspecified atom stereocenters. The minimum atomic E-state index is 0.191. The van der Waals surface area contributed by atoms with E-state index in [1.807, 2.05) is 35.5 Å². The maximum absolute atomic E-state index is 13.0. The average molecular weight is 514 g/mol. The molecule has 8 nitrogen and oxygen atoms in total. The van der Waals surface area contributed by atoms with Gasteiger partial charge in [0.15, 0.2) is 5.82 Å². The fraction of sp³-hybridized carbons (Fsp3) is 0.464. The summed E-state index contributed by atoms with van der Waals surface area (Å²) < 4.78 is 1.82. The molecule has 0 radical (unpaired) electrons. The van der Waals surface area contributed by atoms with Crippen molar-refractivity contribution in [2.24, 2.45) is 5.41 Å². The lowest BCUT2D eigenvalue weighted by Gasteiger charge is -2.56. The van der Waals surface area contributed by atoms with Crippen LogP contribution in [0.1, 0.15) is 52.8 Å². The smallest absolute Gasteiger partial charge is 0.228 e. The maximum atomic E-state index is 13.0. The normalized spacial score (nSPS) is 20.9. The summed E-state index contributed by atoms with van der Waals surface area (Å²) >= 11 is 1.56. The van der Waals surface area contributed by atoms with Gasteiger partial charge in [0.05, 0.1) is 18.3 Å². The molecule has 3 aromatic heterocycles. The molecule has 0 bridgehead atoms. The Morgan fingerprint density at radius 1 is 1.14 bits per heavy atom. The van der Waals surface area contributed by atoms with Crippen molar-refractivity contribution in [3.05, 3.63) is 64.2 Å². The van der Waals surface area contributed by atoms with E-state index in [9.17, 15) is 4.79 Å². The molecule has 5 heterocycles. The molecule has 4 aromatic rings. The predicted molar refractivity (Wildman–Crippen MR) is 142 cm³/mol. The zero-order chi connectivity index (χ0) is 25.1. The highest BCUT2D eigenvalue weighted by Crippen LogP contribution is 2.48. The monoisotopic (exact) mass is 513 g/mol. The van der Waals surface area contributed by atoms with E-state index >= 15 is 0 Å². The summed E-state index contributed by atoms with van der Waals surface area (Å²) in [7, 11) is 0. The second-order valence-electron chi connectivity index (χ2n) is 11.0. The highest BCUT2D eigenvalue weighted by atomic mass is 32.1. The number of fused-ring (bicyclic) bond motifs is 2. The van der Waals surface area contributed by atoms with Crippen LogP contribution in [0.25, 0.3) is 16.3 Å². The number of aryl methyl sites for hydroxylation is 3. The number of imidazole rings is 1. The molecule has 2 aliphatic heterocycles. The highest BCUT2D eigenvalue weighted by Gasteiger charge is 2.48. The first kappa shape index (κ1) is 23.0. The summed E-state index contributed by atoms with van der Waals surface area (Å²) in [6.45, 7) is 7.97. The van der Waals surface area contributed by atoms with Crippen molar-refractivity contribution >= 4 is 22.2 Å². The molecule has 2 saturated heterocycles. The second-order valence-corrected chi connectivity index (χ2v) is 12.2. The summed E-state index contributed by atoms with van der Waals surface area (Å²) in [5.41, 5.74) is 6.28. The van der Waals surface area contributed by atoms with Gasteiger partial charge >= 0.3 is 0 Å². The quantitative estimate of drug-likeness (QED) is 0.410. The van der Waals surface area contributed by atoms with Crippen LogP contribution < -0.4 is 0 Å². The Morgan fingerprint density at radius 3 is 2.78 bits per heavy atom. The predicted octanol–water partition coefficient (Wildman–Crippen LogP) is 4.02. The lowest BCUT2D eigenvalue weighted by atomic mass is 9.71. The fourth-order valence-electron chi connectivity index (χ4n) is 6.50. The lowest BCUT2D eigenvalue weighted by Crippen LogP contribution is -2.61. The molecule has 190 valence electrons. The molecule has 1 atom stereocenters. The van der Waals surface area contributed by atoms with Gasteiger partial charge < -0.3 is 4.90 Å². The largest absolute Gasteiger partial charge is 0.342 e. The number of amides is 1. The van der Waals surface area contributed by atoms with Crippen molar-refractivity contribution in [1.82, 2.24) is 34.4 Å². The number of rotatable bonds is 4. The molecule has 2 fully saturated rings. The van der Waals surface area contributed by atoms with Crippen molar-refractivity contribution in [3.63, 3.8) is 0 Å². The molecule has 7 rings (SSSR count). The van der Waals surface area contributed by atoms with E-state index < -0.39 is 0 Å². The fourth-order valence-corrected chi connectivity index (χ4v) is 7.24. The molecule has 1 spiro atoms. The summed E-state index contributed by atoms with van der Waals surface area (Å²) in [6.07, 6.45) is 8.49. The topological polar surface area (TPSA) is 79.5 Å². The van der Waals surface area contributed by atoms with Crippen LogP contribution in [0, 0.1) is 19.3 Å². The number of hydrogen-bond acceptors (Lipinski definition) is 7. The van der Waals surface area contributed by atoms with E-state index in [0.29, 0.717) is 17.9 Å². The van der Waals surface area contributed by atoms with E-state index in [-0.39, 0.29) is 5.91 Å². The molecule has 3 aliphatic rings. The zero-order valence-electron chi connectivity index (χ0n) is 21.4. The van der Waals surface area contributed by atoms with E-state index in [1.54, 1.807) is 17.5 Å². The summed E-state index contributed by atoms with van der Waals surface area (Å²) in [5, 5.41) is 5.46. The Kier molecular flexibility index (Phi) is 5.40. The van der Waals surface area contributed by atoms with E-state index in [0.717, 1.165) is 78.2 Å². The number of aromatic nitrogens is 5. The van der Waals surface area contributed by atoms with Crippen molar-refractivity contribution in [2.45, 2.75) is 52.0 Å². The van der Waals surface area contributed by atoms with Crippen molar-refractivity contribution in [3.8, 4) is 11.4 Å². The lowest BCUT2D eigenvalue weighted by molar-refractivity contribution is -0.136. The maximum Gasteiger partial charge on any atom is 0.228 e. The number of hydrogen-bond donors (Lipinski definition) is 0. The van der Waals surface area contributed by atoms with Crippen LogP contribution in [0.5, 0.6) is 0 Å². The van der Waals surface area contributed by atoms with E-state index in [4.69, 9.17) is 0 Å². The summed E-state index contributed by atoms with van der Waals surface area (Å²) in [5.74, 6) is 1.01. The molecular weight excluding hydrogens is 482 g/mol. The average Bonchev–Trinajstić information content (AvgIpc) is 3.57. The number of benzene rings is 1. The van der Waals surface area contributed by atoms with Crippen LogP contribution in [0.2, 0.25) is 0 Å². The molecule has 1 aromatic carbocycles. The zero-order valence-corrected chi connectivity index (χ0v) is 22.2. The Balaban J connectivity index is 0.962. The van der Waals surface area contributed by atoms with Crippen LogP contribution in [0.4, 0.5) is 0 Å². The van der Waals surface area contributed by atoms with Gasteiger partial charge in [-0.2, -0.15) is 5.10 Å². The number of likely N-dealkylation sites (tertiary alicyclic amines) is 2. The van der Waals surface area contributed by atoms with Gasteiger partial charge in [0.2, 0.25) is 10.9 Å². The van der Waals surface area contributed by atoms with Crippen molar-refractivity contribution in [1.29, 1.82) is 0 Å². The second kappa shape index (κ2) is 8.70. The first-order chi connectivity index (χ1) is 18.0. The minimum absolute atomic E-state index is 0.191. The Labute approximate surface area is 220 Å². The standard InChI is InChI=1S/C28H31N7OS/c1-18-7-10-29-26(31-18)21-3-5-23-20(13-21)4-6-24(23)34-16-28(17-34)8-11-33(12-9-28)25(36)14-22-15-30-27-35(22)32-19(2)37-27/h3,5,7,10,13,15,24H,4,6,8-9,11-12,14,16-17H2,1-2H3. The molecule has 37 heavy (non-hydrogen) atoms. The molecule has 0 saturated carbocycles. The van der Waals surface area contributed by atoms with Gasteiger partial charge in [-0.05, 0) is 68.2 Å². The van der Waals surface area contributed by atoms with Gasteiger partial charge in [-0.25, -0.2) is 19.5 Å². The van der Waals surface area contributed by atoms with Gasteiger partial charge in [-0.3, -0.25) is 9.69 Å². The molecule has 9 heteroatoms. The third-order valence-corrected chi connectivity index (χ3v) is 9.36. The van der Waals surface area contributed by atoms with Gasteiger partial charge in [0, 0.05) is 49.7 Å². The summed E-state index contributed by atoms with van der Waals surface area (Å²) in [4.78, 5) is 32.1. The van der Waals surface area contributed by atoms with E-state index in [1.165, 1.54) is 17.5 Å². The van der Waals surface area contributed by atoms with Gasteiger partial charge in [0.1, 0.15) is 5.01 Å². The number of carbonyl (C=O) groups is 1. The third-order valence-electron chi connectivity index (χ3n) is 8.53. The van der Waals surface area contributed by atoms with Gasteiger partial charge in [0.25, 0.3) is 0 Å². The van der Waals surface area contributed by atoms with Crippen molar-refractivity contribution < 1.29 is 4.79 Å². The van der Waals surface area contributed by atoms with Crippen LogP contribution in [0.15, 0.2) is 36.7 Å². The molecule has 1 amide bonds. The number of carbonyl (C=O) groups excluding carboxylic acids is 1. The first-order valence-corrected chi connectivity index (χ1v) is 14.0.